The van der Waals surface area contributed by atoms with Crippen LogP contribution in [-0.2, 0) is 17.5 Å². The molecule has 2 atom stereocenters. The number of amides is 1. The van der Waals surface area contributed by atoms with Crippen LogP contribution in [0.2, 0.25) is 0 Å². The van der Waals surface area contributed by atoms with E-state index in [1.54, 1.807) is 6.07 Å². The van der Waals surface area contributed by atoms with Gasteiger partial charge in [-0.15, -0.1) is 0 Å². The number of nitrogens with one attached hydrogen (secondary N) is 1. The molecule has 2 heterocycles. The first-order chi connectivity index (χ1) is 9.93. The maximum atomic E-state index is 13.2. The Hall–Kier alpha value is -1.76. The molecule has 1 aromatic carbocycles. The Morgan fingerprint density at radius 3 is 2.81 bits per heavy atom. The highest BCUT2D eigenvalue weighted by Crippen LogP contribution is 2.41. The van der Waals surface area contributed by atoms with E-state index < -0.39 is 17.8 Å². The van der Waals surface area contributed by atoms with Crippen molar-refractivity contribution in [2.45, 2.75) is 24.7 Å². The van der Waals surface area contributed by atoms with Gasteiger partial charge in [0.2, 0.25) is 0 Å². The van der Waals surface area contributed by atoms with E-state index in [0.29, 0.717) is 18.7 Å². The first-order valence-corrected chi connectivity index (χ1v) is 6.67. The molecule has 0 radical (unpaired) electrons. The fourth-order valence-corrected chi connectivity index (χ4v) is 3.31. The summed E-state index contributed by atoms with van der Waals surface area (Å²) in [4.78, 5) is 13.3. The molecule has 4 nitrogen and oxygen atoms in total. The monoisotopic (exact) mass is 300 g/mol. The number of hydrogen-bond donors (Lipinski definition) is 1. The second kappa shape index (κ2) is 4.91. The number of halogens is 3. The lowest BCUT2D eigenvalue weighted by atomic mass is 9.83. The third-order valence-electron chi connectivity index (χ3n) is 4.24. The molecule has 21 heavy (non-hydrogen) atoms. The van der Waals surface area contributed by atoms with E-state index in [-0.39, 0.29) is 24.1 Å². The lowest BCUT2D eigenvalue weighted by Crippen LogP contribution is -2.47. The molecular weight excluding hydrogens is 285 g/mol. The van der Waals surface area contributed by atoms with Crippen LogP contribution >= 0.6 is 0 Å². The van der Waals surface area contributed by atoms with E-state index in [4.69, 9.17) is 4.74 Å². The van der Waals surface area contributed by atoms with Gasteiger partial charge in [-0.2, -0.15) is 13.2 Å². The molecule has 2 aliphatic rings. The molecule has 1 fully saturated rings. The SMILES string of the molecule is COC(=O)N1Cc2c(cccc2C(F)(F)F)[C@@H]2CNC[C@H]21. The Morgan fingerprint density at radius 2 is 2.14 bits per heavy atom. The molecule has 0 saturated carbocycles. The zero-order valence-electron chi connectivity index (χ0n) is 11.4. The quantitative estimate of drug-likeness (QED) is 0.799. The van der Waals surface area contributed by atoms with Crippen molar-refractivity contribution in [2.75, 3.05) is 20.2 Å². The molecule has 1 N–H and O–H groups in total. The van der Waals surface area contributed by atoms with Gasteiger partial charge in [0.25, 0.3) is 0 Å². The van der Waals surface area contributed by atoms with Crippen LogP contribution < -0.4 is 5.32 Å². The Morgan fingerprint density at radius 1 is 1.38 bits per heavy atom. The van der Waals surface area contributed by atoms with Crippen molar-refractivity contribution in [3.63, 3.8) is 0 Å². The van der Waals surface area contributed by atoms with Gasteiger partial charge < -0.3 is 10.1 Å². The minimum atomic E-state index is -4.42. The van der Waals surface area contributed by atoms with Gasteiger partial charge >= 0.3 is 12.3 Å². The van der Waals surface area contributed by atoms with E-state index in [1.807, 2.05) is 0 Å². The van der Waals surface area contributed by atoms with Crippen molar-refractivity contribution >= 4 is 6.09 Å². The van der Waals surface area contributed by atoms with E-state index in [1.165, 1.54) is 18.1 Å². The van der Waals surface area contributed by atoms with Crippen molar-refractivity contribution in [3.8, 4) is 0 Å². The highest BCUT2D eigenvalue weighted by Gasteiger charge is 2.44. The van der Waals surface area contributed by atoms with Crippen molar-refractivity contribution in [1.82, 2.24) is 10.2 Å². The highest BCUT2D eigenvalue weighted by atomic mass is 19.4. The lowest BCUT2D eigenvalue weighted by molar-refractivity contribution is -0.138. The molecule has 1 saturated heterocycles. The van der Waals surface area contributed by atoms with Gasteiger partial charge in [-0.25, -0.2) is 4.79 Å². The van der Waals surface area contributed by atoms with Gasteiger partial charge in [-0.1, -0.05) is 12.1 Å². The number of rotatable bonds is 0. The maximum absolute atomic E-state index is 13.2. The molecule has 3 rings (SSSR count). The van der Waals surface area contributed by atoms with E-state index in [0.717, 1.165) is 6.07 Å². The third-order valence-corrected chi connectivity index (χ3v) is 4.24. The van der Waals surface area contributed by atoms with Crippen LogP contribution in [0, 0.1) is 0 Å². The average Bonchev–Trinajstić information content (AvgIpc) is 2.93. The second-order valence-electron chi connectivity index (χ2n) is 5.30. The number of ether oxygens (including phenoxy) is 1. The predicted molar refractivity (Wildman–Crippen MR) is 68.8 cm³/mol. The zero-order valence-corrected chi connectivity index (χ0v) is 11.4. The maximum Gasteiger partial charge on any atom is 0.416 e. The van der Waals surface area contributed by atoms with Gasteiger partial charge in [-0.3, -0.25) is 4.90 Å². The lowest BCUT2D eigenvalue weighted by Gasteiger charge is -2.38. The number of carbonyl (C=O) groups is 1. The minimum Gasteiger partial charge on any atom is -0.453 e. The summed E-state index contributed by atoms with van der Waals surface area (Å²) in [5.74, 6) is -0.129. The summed E-state index contributed by atoms with van der Waals surface area (Å²) in [6.45, 7) is 1.06. The molecule has 7 heteroatoms. The number of nitrogens with zero attached hydrogens (tertiary/aromatic N) is 1. The topological polar surface area (TPSA) is 41.6 Å². The molecule has 0 bridgehead atoms. The van der Waals surface area contributed by atoms with E-state index in [2.05, 4.69) is 5.32 Å². The Bertz CT molecular complexity index is 574. The van der Waals surface area contributed by atoms with Crippen LogP contribution in [0.15, 0.2) is 18.2 Å². The molecule has 0 aromatic heterocycles. The Labute approximate surface area is 119 Å². The van der Waals surface area contributed by atoms with Gasteiger partial charge in [0.1, 0.15) is 0 Å². The standard InChI is InChI=1S/C14H15F3N2O2/c1-21-13(20)19-7-10-8(9-5-18-6-12(9)19)3-2-4-11(10)14(15,16)17/h2-4,9,12,18H,5-7H2,1H3/t9-,12+/m0/s1. The molecule has 2 aliphatic heterocycles. The van der Waals surface area contributed by atoms with Gasteiger partial charge in [-0.05, 0) is 17.2 Å². The first kappa shape index (κ1) is 14.2. The van der Waals surface area contributed by atoms with Gasteiger partial charge in [0.15, 0.2) is 0 Å². The number of methoxy groups -OCH3 is 1. The molecular formula is C14H15F3N2O2. The van der Waals surface area contributed by atoms with Crippen LogP contribution in [0.4, 0.5) is 18.0 Å². The fourth-order valence-electron chi connectivity index (χ4n) is 3.31. The first-order valence-electron chi connectivity index (χ1n) is 6.67. The molecule has 114 valence electrons. The average molecular weight is 300 g/mol. The van der Waals surface area contributed by atoms with Crippen LogP contribution in [-0.4, -0.2) is 37.2 Å². The van der Waals surface area contributed by atoms with Crippen molar-refractivity contribution in [1.29, 1.82) is 0 Å². The summed E-state index contributed by atoms with van der Waals surface area (Å²) in [5.41, 5.74) is 0.194. The molecule has 1 aromatic rings. The van der Waals surface area contributed by atoms with E-state index in [9.17, 15) is 18.0 Å². The summed E-state index contributed by atoms with van der Waals surface area (Å²) in [7, 11) is 1.24. The molecule has 1 amide bonds. The zero-order chi connectivity index (χ0) is 15.2. The van der Waals surface area contributed by atoms with Crippen LogP contribution in [0.3, 0.4) is 0 Å². The van der Waals surface area contributed by atoms with E-state index >= 15 is 0 Å². The Kier molecular flexibility index (Phi) is 3.32. The normalized spacial score (nSPS) is 24.5. The fraction of sp³-hybridized carbons (Fsp3) is 0.500. The minimum absolute atomic E-state index is 0.0689. The summed E-state index contributed by atoms with van der Waals surface area (Å²) < 4.78 is 44.3. The van der Waals surface area contributed by atoms with Crippen LogP contribution in [0.1, 0.15) is 22.6 Å². The molecule has 0 unspecified atom stereocenters. The van der Waals surface area contributed by atoms with Crippen molar-refractivity contribution in [3.05, 3.63) is 34.9 Å². The van der Waals surface area contributed by atoms with Crippen molar-refractivity contribution < 1.29 is 22.7 Å². The predicted octanol–water partition coefficient (Wildman–Crippen LogP) is 2.34. The Balaban J connectivity index is 2.10. The second-order valence-corrected chi connectivity index (χ2v) is 5.30. The van der Waals surface area contributed by atoms with Gasteiger partial charge in [0, 0.05) is 19.0 Å². The summed E-state index contributed by atoms with van der Waals surface area (Å²) >= 11 is 0. The number of carbonyl (C=O) groups excluding carboxylic acids is 1. The smallest absolute Gasteiger partial charge is 0.416 e. The van der Waals surface area contributed by atoms with Crippen molar-refractivity contribution in [2.24, 2.45) is 0 Å². The third kappa shape index (κ3) is 2.25. The van der Waals surface area contributed by atoms with Crippen LogP contribution in [0.5, 0.6) is 0 Å². The summed E-state index contributed by atoms with van der Waals surface area (Å²) in [6.07, 6.45) is -5.01. The number of alkyl halides is 3. The number of benzene rings is 1. The molecule has 0 aliphatic carbocycles. The largest absolute Gasteiger partial charge is 0.453 e. The van der Waals surface area contributed by atoms with Gasteiger partial charge in [0.05, 0.1) is 25.3 Å². The summed E-state index contributed by atoms with van der Waals surface area (Å²) in [5, 5.41) is 3.14. The highest BCUT2D eigenvalue weighted by molar-refractivity contribution is 5.69. The summed E-state index contributed by atoms with van der Waals surface area (Å²) in [6, 6.07) is 4.07. The molecule has 0 spiro atoms. The van der Waals surface area contributed by atoms with Crippen LogP contribution in [0.25, 0.3) is 0 Å². The number of fused-ring (bicyclic) bond motifs is 3. The number of hydrogen-bond acceptors (Lipinski definition) is 3.